The van der Waals surface area contributed by atoms with Crippen molar-refractivity contribution in [3.8, 4) is 0 Å². The summed E-state index contributed by atoms with van der Waals surface area (Å²) >= 11 is 0. The van der Waals surface area contributed by atoms with Crippen LogP contribution in [0.4, 0.5) is 17.1 Å². The lowest BCUT2D eigenvalue weighted by molar-refractivity contribution is 0.102. The number of rotatable bonds is 4. The summed E-state index contributed by atoms with van der Waals surface area (Å²) in [6.07, 6.45) is 0. The molecule has 0 saturated heterocycles. The summed E-state index contributed by atoms with van der Waals surface area (Å²) in [5.41, 5.74) is 5.25. The van der Waals surface area contributed by atoms with Gasteiger partial charge in [0.2, 0.25) is 0 Å². The molecule has 0 fully saturated rings. The average Bonchev–Trinajstić information content (AvgIpc) is 2.80. The van der Waals surface area contributed by atoms with Gasteiger partial charge in [-0.05, 0) is 48.5 Å². The highest BCUT2D eigenvalue weighted by Crippen LogP contribution is 2.33. The summed E-state index contributed by atoms with van der Waals surface area (Å²) in [6, 6.07) is 33.1. The summed E-state index contributed by atoms with van der Waals surface area (Å²) < 4.78 is 0. The van der Waals surface area contributed by atoms with Crippen molar-refractivity contribution in [2.75, 3.05) is 10.6 Å². The van der Waals surface area contributed by atoms with Crippen molar-refractivity contribution in [1.82, 2.24) is 4.98 Å². The van der Waals surface area contributed by atoms with Gasteiger partial charge in [-0.2, -0.15) is 0 Å². The highest BCUT2D eigenvalue weighted by Gasteiger charge is 2.09. The highest BCUT2D eigenvalue weighted by molar-refractivity contribution is 6.08. The van der Waals surface area contributed by atoms with Crippen LogP contribution in [0.1, 0.15) is 10.4 Å². The van der Waals surface area contributed by atoms with Crippen LogP contribution in [0.3, 0.4) is 0 Å². The molecule has 5 aromatic rings. The summed E-state index contributed by atoms with van der Waals surface area (Å²) in [5.74, 6) is -0.123. The maximum atomic E-state index is 12.3. The fourth-order valence-corrected chi connectivity index (χ4v) is 3.55. The molecule has 1 amide bonds. The highest BCUT2D eigenvalue weighted by atomic mass is 35.5. The van der Waals surface area contributed by atoms with E-state index in [1.165, 1.54) is 0 Å². The van der Waals surface area contributed by atoms with E-state index in [1.54, 1.807) is 12.1 Å². The lowest BCUT2D eigenvalue weighted by atomic mass is 10.1. The molecule has 0 saturated carbocycles. The number of carbonyl (C=O) groups excluding carboxylic acids is 1. The molecule has 4 aromatic carbocycles. The smallest absolute Gasteiger partial charge is 0.255 e. The topological polar surface area (TPSA) is 54.0 Å². The van der Waals surface area contributed by atoms with E-state index in [-0.39, 0.29) is 18.3 Å². The van der Waals surface area contributed by atoms with E-state index in [9.17, 15) is 4.79 Å². The summed E-state index contributed by atoms with van der Waals surface area (Å²) in [5, 5.41) is 8.62. The largest absolute Gasteiger partial charge is 0.354 e. The van der Waals surface area contributed by atoms with Crippen LogP contribution in [0.25, 0.3) is 21.8 Å². The maximum Gasteiger partial charge on any atom is 0.255 e. The Bertz CT molecular complexity index is 1300. The number of aromatic nitrogens is 1. The van der Waals surface area contributed by atoms with E-state index in [0.717, 1.165) is 38.9 Å². The van der Waals surface area contributed by atoms with Crippen LogP contribution in [-0.4, -0.2) is 10.9 Å². The Morgan fingerprint density at radius 3 is 1.74 bits per heavy atom. The van der Waals surface area contributed by atoms with Crippen LogP contribution in [0, 0.1) is 0 Å². The number of nitrogens with one attached hydrogen (secondary N) is 2. The molecular weight excluding hydrogens is 406 g/mol. The van der Waals surface area contributed by atoms with Crippen LogP contribution >= 0.6 is 12.4 Å². The lowest BCUT2D eigenvalue weighted by Gasteiger charge is -2.14. The molecule has 0 aliphatic carbocycles. The third-order valence-electron chi connectivity index (χ3n) is 5.04. The molecule has 4 nitrogen and oxygen atoms in total. The van der Waals surface area contributed by atoms with Crippen molar-refractivity contribution in [2.24, 2.45) is 0 Å². The molecule has 0 aliphatic rings. The number of carbonyl (C=O) groups is 1. The molecular formula is C26H20ClN3O. The number of hydrogen-bond acceptors (Lipinski definition) is 3. The fraction of sp³-hybridized carbons (Fsp3) is 0. The number of anilines is 3. The van der Waals surface area contributed by atoms with Crippen LogP contribution in [0.15, 0.2) is 103 Å². The lowest BCUT2D eigenvalue weighted by Crippen LogP contribution is -2.11. The number of benzene rings is 4. The van der Waals surface area contributed by atoms with Gasteiger partial charge in [-0.1, -0.05) is 54.6 Å². The number of fused-ring (bicyclic) bond motifs is 2. The van der Waals surface area contributed by atoms with Crippen LogP contribution in [0.5, 0.6) is 0 Å². The zero-order valence-electron chi connectivity index (χ0n) is 16.6. The Labute approximate surface area is 186 Å². The minimum Gasteiger partial charge on any atom is -0.354 e. The monoisotopic (exact) mass is 425 g/mol. The van der Waals surface area contributed by atoms with Gasteiger partial charge in [0, 0.05) is 27.7 Å². The number of hydrogen-bond donors (Lipinski definition) is 2. The second-order valence-corrected chi connectivity index (χ2v) is 7.04. The van der Waals surface area contributed by atoms with Gasteiger partial charge in [0.15, 0.2) is 0 Å². The van der Waals surface area contributed by atoms with Crippen LogP contribution in [-0.2, 0) is 0 Å². The first kappa shape index (κ1) is 20.4. The van der Waals surface area contributed by atoms with Crippen molar-refractivity contribution in [1.29, 1.82) is 0 Å². The summed E-state index contributed by atoms with van der Waals surface area (Å²) in [4.78, 5) is 17.1. The molecule has 1 heterocycles. The molecule has 0 radical (unpaired) electrons. The van der Waals surface area contributed by atoms with Gasteiger partial charge in [0.25, 0.3) is 5.91 Å². The minimum absolute atomic E-state index is 0. The predicted molar refractivity (Wildman–Crippen MR) is 131 cm³/mol. The molecule has 1 aromatic heterocycles. The van der Waals surface area contributed by atoms with Gasteiger partial charge in [-0.25, -0.2) is 4.98 Å². The average molecular weight is 426 g/mol. The standard InChI is InChI=1S/C26H19N3O.ClH/c30-26(18-8-2-1-3-9-18)28-20-16-14-19(15-17-20)27-25-21-10-4-6-12-23(21)29-24-13-7-5-11-22(24)25;/h1-17H,(H,27,29)(H,28,30);1H. The van der Waals surface area contributed by atoms with E-state index in [4.69, 9.17) is 4.98 Å². The van der Waals surface area contributed by atoms with E-state index in [0.29, 0.717) is 5.56 Å². The SMILES string of the molecule is Cl.O=C(Nc1ccc(Nc2c3ccccc3nc3ccccc23)cc1)c1ccccc1. The summed E-state index contributed by atoms with van der Waals surface area (Å²) in [7, 11) is 0. The zero-order chi connectivity index (χ0) is 20.3. The van der Waals surface area contributed by atoms with Gasteiger partial charge in [0.05, 0.1) is 16.7 Å². The van der Waals surface area contributed by atoms with Crippen molar-refractivity contribution in [3.05, 3.63) is 109 Å². The molecule has 31 heavy (non-hydrogen) atoms. The first-order valence-corrected chi connectivity index (χ1v) is 9.79. The van der Waals surface area contributed by atoms with E-state index >= 15 is 0 Å². The molecule has 0 spiro atoms. The van der Waals surface area contributed by atoms with Crippen molar-refractivity contribution < 1.29 is 4.79 Å². The third-order valence-corrected chi connectivity index (χ3v) is 5.04. The van der Waals surface area contributed by atoms with Crippen LogP contribution < -0.4 is 10.6 Å². The molecule has 0 aliphatic heterocycles. The number of amides is 1. The Hall–Kier alpha value is -3.89. The van der Waals surface area contributed by atoms with Gasteiger partial charge >= 0.3 is 0 Å². The Balaban J connectivity index is 0.00000231. The predicted octanol–water partition coefficient (Wildman–Crippen LogP) is 6.81. The van der Waals surface area contributed by atoms with Gasteiger partial charge in [-0.3, -0.25) is 4.79 Å². The first-order chi connectivity index (χ1) is 14.8. The van der Waals surface area contributed by atoms with E-state index < -0.39 is 0 Å². The second kappa shape index (κ2) is 8.86. The quantitative estimate of drug-likeness (QED) is 0.311. The molecule has 152 valence electrons. The number of para-hydroxylation sites is 2. The van der Waals surface area contributed by atoms with Gasteiger partial charge in [0.1, 0.15) is 0 Å². The molecule has 0 bridgehead atoms. The molecule has 5 rings (SSSR count). The van der Waals surface area contributed by atoms with Gasteiger partial charge in [-0.15, -0.1) is 12.4 Å². The van der Waals surface area contributed by atoms with E-state index in [2.05, 4.69) is 22.8 Å². The number of halogens is 1. The third kappa shape index (κ3) is 4.20. The number of pyridine rings is 1. The first-order valence-electron chi connectivity index (χ1n) is 9.79. The zero-order valence-corrected chi connectivity index (χ0v) is 17.4. The molecule has 5 heteroatoms. The van der Waals surface area contributed by atoms with Crippen molar-refractivity contribution >= 4 is 57.2 Å². The minimum atomic E-state index is -0.123. The molecule has 2 N–H and O–H groups in total. The fourth-order valence-electron chi connectivity index (χ4n) is 3.55. The van der Waals surface area contributed by atoms with Gasteiger partial charge < -0.3 is 10.6 Å². The normalized spacial score (nSPS) is 10.5. The maximum absolute atomic E-state index is 12.3. The Morgan fingerprint density at radius 1 is 0.613 bits per heavy atom. The Kier molecular flexibility index (Phi) is 5.83. The molecule has 0 atom stereocenters. The second-order valence-electron chi connectivity index (χ2n) is 7.04. The van der Waals surface area contributed by atoms with Crippen LogP contribution in [0.2, 0.25) is 0 Å². The number of nitrogens with zero attached hydrogens (tertiary/aromatic N) is 1. The van der Waals surface area contributed by atoms with E-state index in [1.807, 2.05) is 78.9 Å². The Morgan fingerprint density at radius 2 is 1.13 bits per heavy atom. The van der Waals surface area contributed by atoms with Crippen molar-refractivity contribution in [3.63, 3.8) is 0 Å². The summed E-state index contributed by atoms with van der Waals surface area (Å²) in [6.45, 7) is 0. The molecule has 0 unspecified atom stereocenters. The van der Waals surface area contributed by atoms with Crippen molar-refractivity contribution in [2.45, 2.75) is 0 Å².